The van der Waals surface area contributed by atoms with Gasteiger partial charge in [-0.25, -0.2) is 0 Å². The molecule has 0 unspecified atom stereocenters. The van der Waals surface area contributed by atoms with Gasteiger partial charge in [0, 0.05) is 42.9 Å². The molecule has 2 aliphatic heterocycles. The zero-order valence-electron chi connectivity index (χ0n) is 30.0. The van der Waals surface area contributed by atoms with E-state index in [4.69, 9.17) is 16.4 Å². The number of rotatable bonds is 13. The number of Topliss-reactive ketones (excluding diaryl/α,β-unsaturated/α-hetero) is 1. The molecule has 1 aliphatic carbocycles. The number of halogens is 1. The van der Waals surface area contributed by atoms with Gasteiger partial charge < -0.3 is 25.3 Å². The molecule has 2 N–H and O–H groups in total. The van der Waals surface area contributed by atoms with E-state index in [1.807, 2.05) is 39.8 Å². The maximum atomic E-state index is 14.6. The molecule has 12 heteroatoms. The number of amides is 4. The number of carbonyl (C=O) groups is 5. The molecule has 0 aromatic heterocycles. The molecule has 49 heavy (non-hydrogen) atoms. The number of likely N-dealkylation sites (tertiary alicyclic amines) is 1. The zero-order valence-corrected chi connectivity index (χ0v) is 30.7. The third kappa shape index (κ3) is 9.41. The summed E-state index contributed by atoms with van der Waals surface area (Å²) in [6.45, 7) is 11.9. The Kier molecular flexibility index (Phi) is 12.9. The summed E-state index contributed by atoms with van der Waals surface area (Å²) < 4.78 is 0. The summed E-state index contributed by atoms with van der Waals surface area (Å²) in [7, 11) is 0. The van der Waals surface area contributed by atoms with Gasteiger partial charge in [-0.15, -0.1) is 0 Å². The van der Waals surface area contributed by atoms with E-state index in [9.17, 15) is 24.0 Å². The van der Waals surface area contributed by atoms with Gasteiger partial charge in [-0.05, 0) is 56.6 Å². The number of carbonyl (C=O) groups excluding carboxylic acids is 5. The highest BCUT2D eigenvalue weighted by molar-refractivity contribution is 6.38. The summed E-state index contributed by atoms with van der Waals surface area (Å²) in [4.78, 5) is 77.5. The van der Waals surface area contributed by atoms with E-state index in [0.29, 0.717) is 49.0 Å². The fourth-order valence-electron chi connectivity index (χ4n) is 7.28. The Morgan fingerprint density at radius 1 is 1.06 bits per heavy atom. The van der Waals surface area contributed by atoms with E-state index >= 15 is 0 Å². The second kappa shape index (κ2) is 16.5. The van der Waals surface area contributed by atoms with Gasteiger partial charge in [0.15, 0.2) is 5.60 Å². The standard InChI is InChI=1S/C37H54ClN5O6/c1-7-14-27(31(45)34(47)42(8-2)9-3)39-33(46)29-22-37(21-28(41-49-37)25-17-13-18-26(38)20-25)23-43(29)35(48)32(36(4,5)6)40-30(44)19-24-15-11-10-12-16-24/h13,17-18,20,24,27,29,32H,7-12,14-16,19,21-23H2,1-6H3,(H,39,46)(H,40,44)/t27-,29-,32-,37+/m0/s1. The molecule has 4 atom stereocenters. The van der Waals surface area contributed by atoms with Crippen molar-refractivity contribution < 1.29 is 28.8 Å². The Morgan fingerprint density at radius 3 is 2.37 bits per heavy atom. The van der Waals surface area contributed by atoms with Crippen LogP contribution in [0.4, 0.5) is 0 Å². The van der Waals surface area contributed by atoms with Crippen LogP contribution in [0, 0.1) is 11.3 Å². The van der Waals surface area contributed by atoms with E-state index in [0.717, 1.165) is 31.2 Å². The average molecular weight is 700 g/mol. The number of hydrogen-bond donors (Lipinski definition) is 2. The first-order valence-electron chi connectivity index (χ1n) is 18.0. The number of oxime groups is 1. The fraction of sp³-hybridized carbons (Fsp3) is 0.676. The van der Waals surface area contributed by atoms with Crippen molar-refractivity contribution in [2.45, 2.75) is 129 Å². The van der Waals surface area contributed by atoms with Crippen LogP contribution in [0.2, 0.25) is 5.02 Å². The van der Waals surface area contributed by atoms with E-state index in [2.05, 4.69) is 15.8 Å². The Labute approximate surface area is 295 Å². The first kappa shape index (κ1) is 38.3. The monoisotopic (exact) mass is 699 g/mol. The van der Waals surface area contributed by atoms with Crippen molar-refractivity contribution in [3.8, 4) is 0 Å². The number of hydrogen-bond acceptors (Lipinski definition) is 7. The summed E-state index contributed by atoms with van der Waals surface area (Å²) in [5, 5.41) is 10.8. The summed E-state index contributed by atoms with van der Waals surface area (Å²) in [5.41, 5.74) is -0.258. The van der Waals surface area contributed by atoms with Gasteiger partial charge in [0.05, 0.1) is 18.3 Å². The third-order valence-electron chi connectivity index (χ3n) is 10.1. The van der Waals surface area contributed by atoms with Crippen molar-refractivity contribution in [1.29, 1.82) is 0 Å². The van der Waals surface area contributed by atoms with Crippen molar-refractivity contribution in [3.05, 3.63) is 34.9 Å². The molecule has 11 nitrogen and oxygen atoms in total. The van der Waals surface area contributed by atoms with Gasteiger partial charge >= 0.3 is 0 Å². The van der Waals surface area contributed by atoms with Crippen LogP contribution < -0.4 is 10.6 Å². The van der Waals surface area contributed by atoms with E-state index in [-0.39, 0.29) is 25.3 Å². The van der Waals surface area contributed by atoms with Crippen molar-refractivity contribution in [2.24, 2.45) is 16.5 Å². The van der Waals surface area contributed by atoms with Crippen LogP contribution in [0.5, 0.6) is 0 Å². The smallest absolute Gasteiger partial charge is 0.292 e. The van der Waals surface area contributed by atoms with Gasteiger partial charge in [-0.2, -0.15) is 0 Å². The lowest BCUT2D eigenvalue weighted by Crippen LogP contribution is -2.59. The molecule has 0 radical (unpaired) electrons. The summed E-state index contributed by atoms with van der Waals surface area (Å²) in [6, 6.07) is 4.26. The quantitative estimate of drug-likeness (QED) is 0.277. The van der Waals surface area contributed by atoms with Gasteiger partial charge in [0.25, 0.3) is 5.91 Å². The third-order valence-corrected chi connectivity index (χ3v) is 10.3. The lowest BCUT2D eigenvalue weighted by Gasteiger charge is -2.36. The van der Waals surface area contributed by atoms with Crippen molar-refractivity contribution in [1.82, 2.24) is 20.4 Å². The van der Waals surface area contributed by atoms with Crippen LogP contribution in [0.3, 0.4) is 0 Å². The summed E-state index contributed by atoms with van der Waals surface area (Å²) >= 11 is 6.25. The number of nitrogens with one attached hydrogen (secondary N) is 2. The van der Waals surface area contributed by atoms with Crippen LogP contribution >= 0.6 is 11.6 Å². The molecule has 1 aromatic rings. The molecule has 1 spiro atoms. The van der Waals surface area contributed by atoms with Gasteiger partial charge in [-0.1, -0.05) is 82.3 Å². The van der Waals surface area contributed by atoms with Gasteiger partial charge in [-0.3, -0.25) is 24.0 Å². The Hall–Kier alpha value is -3.47. The minimum absolute atomic E-state index is 0.0489. The lowest BCUT2D eigenvalue weighted by molar-refractivity contribution is -0.147. The number of ketones is 1. The van der Waals surface area contributed by atoms with Crippen molar-refractivity contribution in [3.63, 3.8) is 0 Å². The molecule has 3 aliphatic rings. The van der Waals surface area contributed by atoms with Crippen molar-refractivity contribution in [2.75, 3.05) is 19.6 Å². The predicted molar refractivity (Wildman–Crippen MR) is 189 cm³/mol. The Morgan fingerprint density at radius 2 is 1.76 bits per heavy atom. The Bertz CT molecular complexity index is 1420. The van der Waals surface area contributed by atoms with Gasteiger partial charge in [0.2, 0.25) is 23.5 Å². The maximum Gasteiger partial charge on any atom is 0.292 e. The minimum Gasteiger partial charge on any atom is -0.387 e. The highest BCUT2D eigenvalue weighted by atomic mass is 35.5. The topological polar surface area (TPSA) is 137 Å². The van der Waals surface area contributed by atoms with Gasteiger partial charge in [0.1, 0.15) is 12.1 Å². The molecule has 0 bridgehead atoms. The molecule has 2 fully saturated rings. The van der Waals surface area contributed by atoms with Crippen LogP contribution in [-0.4, -0.2) is 88.3 Å². The summed E-state index contributed by atoms with van der Waals surface area (Å²) in [5.74, 6) is -2.17. The normalized spacial score (nSPS) is 22.2. The number of benzene rings is 1. The molecule has 4 rings (SSSR count). The van der Waals surface area contributed by atoms with Crippen LogP contribution in [0.25, 0.3) is 0 Å². The maximum absolute atomic E-state index is 14.6. The SMILES string of the molecule is CCC[C@H](NC(=O)[C@@H]1C[C@]2(CC(c3cccc(Cl)c3)=NO2)CN1C(=O)[C@H](NC(=O)CC1CCCCC1)C(C)(C)C)C(=O)C(=O)N(CC)CC. The highest BCUT2D eigenvalue weighted by Gasteiger charge is 2.55. The van der Waals surface area contributed by atoms with E-state index < -0.39 is 52.6 Å². The molecule has 1 saturated heterocycles. The largest absolute Gasteiger partial charge is 0.387 e. The lowest BCUT2D eigenvalue weighted by atomic mass is 9.84. The number of likely N-dealkylation sites (N-methyl/N-ethyl adjacent to an activating group) is 1. The molecule has 2 heterocycles. The molecule has 1 saturated carbocycles. The Balaban J connectivity index is 1.61. The fourth-order valence-corrected chi connectivity index (χ4v) is 7.47. The van der Waals surface area contributed by atoms with Crippen LogP contribution in [-0.2, 0) is 28.8 Å². The molecule has 1 aromatic carbocycles. The molecule has 270 valence electrons. The first-order chi connectivity index (χ1) is 23.2. The first-order valence-corrected chi connectivity index (χ1v) is 18.3. The predicted octanol–water partition coefficient (Wildman–Crippen LogP) is 5.03. The molecule has 4 amide bonds. The van der Waals surface area contributed by atoms with Crippen LogP contribution in [0.15, 0.2) is 29.4 Å². The zero-order chi connectivity index (χ0) is 35.9. The molecular formula is C37H54ClN5O6. The van der Waals surface area contributed by atoms with Crippen LogP contribution in [0.1, 0.15) is 111 Å². The molecular weight excluding hydrogens is 646 g/mol. The van der Waals surface area contributed by atoms with E-state index in [1.54, 1.807) is 26.0 Å². The second-order valence-corrected chi connectivity index (χ2v) is 15.4. The average Bonchev–Trinajstić information content (AvgIpc) is 3.66. The van der Waals surface area contributed by atoms with Crippen molar-refractivity contribution >= 4 is 46.7 Å². The second-order valence-electron chi connectivity index (χ2n) is 15.0. The number of nitrogens with zero attached hydrogens (tertiary/aromatic N) is 3. The van der Waals surface area contributed by atoms with E-state index in [1.165, 1.54) is 16.2 Å². The summed E-state index contributed by atoms with van der Waals surface area (Å²) in [6.07, 6.45) is 7.01. The highest BCUT2D eigenvalue weighted by Crippen LogP contribution is 2.40. The minimum atomic E-state index is -1.05.